The fraction of sp³-hybridized carbons (Fsp3) is 0.450. The molecule has 6 nitrogen and oxygen atoms in total. The first-order valence-electron chi connectivity index (χ1n) is 8.64. The largest absolute Gasteiger partial charge is 0.507 e. The Bertz CT molecular complexity index is 838. The summed E-state index contributed by atoms with van der Waals surface area (Å²) in [6.45, 7) is 11.9. The van der Waals surface area contributed by atoms with Crippen LogP contribution in [-0.2, 0) is 22.0 Å². The molecule has 2 rings (SSSR count). The third-order valence-electron chi connectivity index (χ3n) is 4.09. The minimum atomic E-state index is -0.971. The highest BCUT2D eigenvalue weighted by Crippen LogP contribution is 2.39. The van der Waals surface area contributed by atoms with Crippen molar-refractivity contribution in [2.24, 2.45) is 0 Å². The smallest absolute Gasteiger partial charge is 0.309 e. The fourth-order valence-electron chi connectivity index (χ4n) is 2.68. The highest BCUT2D eigenvalue weighted by molar-refractivity contribution is 7.14. The number of aliphatic carboxylic acids is 1. The lowest BCUT2D eigenvalue weighted by molar-refractivity contribution is -0.136. The predicted octanol–water partition coefficient (Wildman–Crippen LogP) is 4.32. The summed E-state index contributed by atoms with van der Waals surface area (Å²) in [6, 6.07) is 3.40. The minimum Gasteiger partial charge on any atom is -0.507 e. The summed E-state index contributed by atoms with van der Waals surface area (Å²) >= 11 is 1.18. The summed E-state index contributed by atoms with van der Waals surface area (Å²) in [4.78, 5) is 27.7. The van der Waals surface area contributed by atoms with Crippen molar-refractivity contribution in [2.75, 3.05) is 5.32 Å². The van der Waals surface area contributed by atoms with Gasteiger partial charge in [-0.05, 0) is 23.0 Å². The van der Waals surface area contributed by atoms with Gasteiger partial charge in [-0.25, -0.2) is 4.98 Å². The number of phenolic OH excluding ortho intramolecular Hbond substituents is 1. The van der Waals surface area contributed by atoms with E-state index < -0.39 is 5.97 Å². The Morgan fingerprint density at radius 2 is 1.59 bits per heavy atom. The summed E-state index contributed by atoms with van der Waals surface area (Å²) in [5.74, 6) is -1.10. The van der Waals surface area contributed by atoms with Gasteiger partial charge in [0.2, 0.25) is 0 Å². The molecule has 0 atom stereocenters. The van der Waals surface area contributed by atoms with Crippen molar-refractivity contribution in [1.82, 2.24) is 4.98 Å². The first-order valence-corrected chi connectivity index (χ1v) is 9.52. The molecular weight excluding hydrogens is 364 g/mol. The second-order valence-corrected chi connectivity index (χ2v) is 9.45. The molecular formula is C20H26N2O4S. The maximum absolute atomic E-state index is 12.8. The zero-order chi connectivity index (χ0) is 20.6. The number of aromatic nitrogens is 1. The first-order chi connectivity index (χ1) is 12.3. The molecule has 0 saturated carbocycles. The third-order valence-corrected chi connectivity index (χ3v) is 4.90. The van der Waals surface area contributed by atoms with Crippen molar-refractivity contribution >= 4 is 28.3 Å². The number of anilines is 1. The van der Waals surface area contributed by atoms with E-state index in [4.69, 9.17) is 5.11 Å². The highest BCUT2D eigenvalue weighted by Gasteiger charge is 2.28. The van der Waals surface area contributed by atoms with Gasteiger partial charge in [-0.2, -0.15) is 0 Å². The normalized spacial score (nSPS) is 12.1. The van der Waals surface area contributed by atoms with Crippen LogP contribution in [-0.4, -0.2) is 27.1 Å². The third kappa shape index (κ3) is 5.07. The molecule has 0 aliphatic carbocycles. The number of carbonyl (C=O) groups is 2. The average Bonchev–Trinajstić information content (AvgIpc) is 2.91. The van der Waals surface area contributed by atoms with E-state index in [1.54, 1.807) is 17.5 Å². The van der Waals surface area contributed by atoms with Crippen LogP contribution in [0, 0.1) is 0 Å². The molecule has 1 amide bonds. The summed E-state index contributed by atoms with van der Waals surface area (Å²) in [5, 5.41) is 24.3. The minimum absolute atomic E-state index is 0.187. The van der Waals surface area contributed by atoms with E-state index in [-0.39, 0.29) is 28.9 Å². The van der Waals surface area contributed by atoms with Gasteiger partial charge in [-0.1, -0.05) is 41.5 Å². The van der Waals surface area contributed by atoms with Crippen LogP contribution < -0.4 is 5.32 Å². The van der Waals surface area contributed by atoms with E-state index in [1.165, 1.54) is 11.3 Å². The van der Waals surface area contributed by atoms with Crippen LogP contribution in [0.5, 0.6) is 5.75 Å². The zero-order valence-electron chi connectivity index (χ0n) is 16.5. The summed E-state index contributed by atoms with van der Waals surface area (Å²) in [7, 11) is 0. The number of carboxylic acid groups (broad SMARTS) is 1. The van der Waals surface area contributed by atoms with E-state index >= 15 is 0 Å². The van der Waals surface area contributed by atoms with Crippen molar-refractivity contribution in [3.05, 3.63) is 39.9 Å². The predicted molar refractivity (Wildman–Crippen MR) is 107 cm³/mol. The lowest BCUT2D eigenvalue weighted by Gasteiger charge is -2.28. The molecule has 0 spiro atoms. The van der Waals surface area contributed by atoms with E-state index in [9.17, 15) is 14.7 Å². The Hall–Kier alpha value is -2.41. The summed E-state index contributed by atoms with van der Waals surface area (Å²) < 4.78 is 0. The lowest BCUT2D eigenvalue weighted by atomic mass is 9.78. The Labute approximate surface area is 163 Å². The van der Waals surface area contributed by atoms with Crippen molar-refractivity contribution in [2.45, 2.75) is 58.8 Å². The van der Waals surface area contributed by atoms with Gasteiger partial charge < -0.3 is 10.2 Å². The quantitative estimate of drug-likeness (QED) is 0.722. The number of carboxylic acids is 1. The SMILES string of the molecule is CC(C)(C)c1cc(C(=O)Nc2nc(CC(=O)O)cs2)cc(C(C)(C)C)c1O. The maximum atomic E-state index is 12.8. The molecule has 0 aliphatic heterocycles. The zero-order valence-corrected chi connectivity index (χ0v) is 17.3. The molecule has 1 heterocycles. The summed E-state index contributed by atoms with van der Waals surface area (Å²) in [5.41, 5.74) is 1.56. The van der Waals surface area contributed by atoms with Crippen molar-refractivity contribution in [3.63, 3.8) is 0 Å². The molecule has 0 aliphatic rings. The van der Waals surface area contributed by atoms with Gasteiger partial charge in [0.05, 0.1) is 12.1 Å². The Balaban J connectivity index is 2.40. The lowest BCUT2D eigenvalue weighted by Crippen LogP contribution is -2.20. The molecule has 146 valence electrons. The van der Waals surface area contributed by atoms with Gasteiger partial charge in [0.15, 0.2) is 5.13 Å². The topological polar surface area (TPSA) is 99.5 Å². The average molecular weight is 391 g/mol. The van der Waals surface area contributed by atoms with Gasteiger partial charge in [-0.15, -0.1) is 11.3 Å². The van der Waals surface area contributed by atoms with Crippen LogP contribution in [0.1, 0.15) is 68.7 Å². The van der Waals surface area contributed by atoms with Gasteiger partial charge in [0, 0.05) is 22.1 Å². The molecule has 0 radical (unpaired) electrons. The number of rotatable bonds is 4. The van der Waals surface area contributed by atoms with Crippen molar-refractivity contribution < 1.29 is 19.8 Å². The van der Waals surface area contributed by atoms with Crippen LogP contribution in [0.2, 0.25) is 0 Å². The molecule has 27 heavy (non-hydrogen) atoms. The number of amides is 1. The van der Waals surface area contributed by atoms with Crippen LogP contribution in [0.4, 0.5) is 5.13 Å². The van der Waals surface area contributed by atoms with Gasteiger partial charge in [-0.3, -0.25) is 14.9 Å². The summed E-state index contributed by atoms with van der Waals surface area (Å²) in [6.07, 6.45) is -0.187. The fourth-order valence-corrected chi connectivity index (χ4v) is 3.38. The number of benzene rings is 1. The molecule has 0 fully saturated rings. The molecule has 2 aromatic rings. The maximum Gasteiger partial charge on any atom is 0.309 e. The molecule has 1 aromatic heterocycles. The molecule has 0 unspecified atom stereocenters. The Kier molecular flexibility index (Phi) is 5.65. The number of hydrogen-bond donors (Lipinski definition) is 3. The van der Waals surface area contributed by atoms with Gasteiger partial charge in [0.25, 0.3) is 5.91 Å². The van der Waals surface area contributed by atoms with E-state index in [2.05, 4.69) is 10.3 Å². The number of carbonyl (C=O) groups excluding carboxylic acids is 1. The van der Waals surface area contributed by atoms with Crippen LogP contribution >= 0.6 is 11.3 Å². The highest BCUT2D eigenvalue weighted by atomic mass is 32.1. The number of nitrogens with zero attached hydrogens (tertiary/aromatic N) is 1. The molecule has 0 saturated heterocycles. The Morgan fingerprint density at radius 3 is 2.04 bits per heavy atom. The molecule has 3 N–H and O–H groups in total. The second kappa shape index (κ2) is 7.31. The number of hydrogen-bond acceptors (Lipinski definition) is 5. The van der Waals surface area contributed by atoms with Crippen molar-refractivity contribution in [1.29, 1.82) is 0 Å². The molecule has 7 heteroatoms. The van der Waals surface area contributed by atoms with E-state index in [1.807, 2.05) is 41.5 Å². The van der Waals surface area contributed by atoms with Crippen LogP contribution in [0.25, 0.3) is 0 Å². The van der Waals surface area contributed by atoms with Gasteiger partial charge in [0.1, 0.15) is 5.75 Å². The Morgan fingerprint density at radius 1 is 1.07 bits per heavy atom. The van der Waals surface area contributed by atoms with Crippen LogP contribution in [0.15, 0.2) is 17.5 Å². The number of phenols is 1. The monoisotopic (exact) mass is 390 g/mol. The van der Waals surface area contributed by atoms with Gasteiger partial charge >= 0.3 is 5.97 Å². The van der Waals surface area contributed by atoms with Crippen LogP contribution in [0.3, 0.4) is 0 Å². The first kappa shape index (κ1) is 20.9. The van der Waals surface area contributed by atoms with E-state index in [0.717, 1.165) is 0 Å². The standard InChI is InChI=1S/C20H26N2O4S/c1-19(2,3)13-7-11(8-14(16(13)25)20(4,5)6)17(26)22-18-21-12(10-27-18)9-15(23)24/h7-8,10,25H,9H2,1-6H3,(H,23,24)(H,21,22,26). The van der Waals surface area contributed by atoms with Crippen molar-refractivity contribution in [3.8, 4) is 5.75 Å². The number of aromatic hydroxyl groups is 1. The number of nitrogens with one attached hydrogen (secondary N) is 1. The molecule has 1 aromatic carbocycles. The second-order valence-electron chi connectivity index (χ2n) is 8.59. The molecule has 0 bridgehead atoms. The van der Waals surface area contributed by atoms with E-state index in [0.29, 0.717) is 27.5 Å². The number of thiazole rings is 1.